The molecule has 5 heteroatoms. The number of nitrogens with zero attached hydrogens (tertiary/aromatic N) is 2. The van der Waals surface area contributed by atoms with Crippen molar-refractivity contribution in [2.45, 2.75) is 38.8 Å². The lowest BCUT2D eigenvalue weighted by atomic mass is 9.89. The molecule has 5 nitrogen and oxygen atoms in total. The SMILES string of the molecule is CCOC(=O)N1c2ccc(N(C)C)cc2CCC1(N)CC. The lowest BCUT2D eigenvalue weighted by molar-refractivity contribution is 0.148. The third-order valence-corrected chi connectivity index (χ3v) is 4.16. The van der Waals surface area contributed by atoms with Crippen molar-refractivity contribution in [3.05, 3.63) is 23.8 Å². The molecule has 0 saturated carbocycles. The van der Waals surface area contributed by atoms with Crippen molar-refractivity contribution in [3.63, 3.8) is 0 Å². The van der Waals surface area contributed by atoms with Crippen LogP contribution >= 0.6 is 0 Å². The number of carbonyl (C=O) groups excluding carboxylic acids is 1. The molecular weight excluding hydrogens is 266 g/mol. The molecule has 1 aliphatic heterocycles. The van der Waals surface area contributed by atoms with Crippen LogP contribution in [0.4, 0.5) is 16.2 Å². The van der Waals surface area contributed by atoms with Crippen molar-refractivity contribution in [2.24, 2.45) is 5.73 Å². The molecule has 1 amide bonds. The summed E-state index contributed by atoms with van der Waals surface area (Å²) in [5.74, 6) is 0. The maximum atomic E-state index is 12.4. The summed E-state index contributed by atoms with van der Waals surface area (Å²) >= 11 is 0. The molecule has 0 saturated heterocycles. The number of aryl methyl sites for hydroxylation is 1. The molecule has 0 aliphatic carbocycles. The Morgan fingerprint density at radius 3 is 2.71 bits per heavy atom. The van der Waals surface area contributed by atoms with Crippen molar-refractivity contribution < 1.29 is 9.53 Å². The van der Waals surface area contributed by atoms with E-state index in [-0.39, 0.29) is 6.09 Å². The number of carbonyl (C=O) groups is 1. The van der Waals surface area contributed by atoms with Crippen molar-refractivity contribution in [2.75, 3.05) is 30.5 Å². The van der Waals surface area contributed by atoms with Gasteiger partial charge in [-0.15, -0.1) is 0 Å². The van der Waals surface area contributed by atoms with Gasteiger partial charge < -0.3 is 15.4 Å². The van der Waals surface area contributed by atoms with Gasteiger partial charge in [0.05, 0.1) is 18.0 Å². The molecular formula is C16H25N3O2. The van der Waals surface area contributed by atoms with Gasteiger partial charge >= 0.3 is 6.09 Å². The summed E-state index contributed by atoms with van der Waals surface area (Å²) in [5, 5.41) is 0. The van der Waals surface area contributed by atoms with E-state index < -0.39 is 5.66 Å². The molecule has 1 aliphatic rings. The van der Waals surface area contributed by atoms with E-state index in [0.717, 1.165) is 29.8 Å². The molecule has 116 valence electrons. The summed E-state index contributed by atoms with van der Waals surface area (Å²) in [6.07, 6.45) is 1.95. The molecule has 0 aromatic heterocycles. The van der Waals surface area contributed by atoms with Crippen molar-refractivity contribution >= 4 is 17.5 Å². The molecule has 0 fully saturated rings. The zero-order valence-corrected chi connectivity index (χ0v) is 13.3. The van der Waals surface area contributed by atoms with Crippen LogP contribution in [0.15, 0.2) is 18.2 Å². The highest BCUT2D eigenvalue weighted by Crippen LogP contribution is 2.38. The summed E-state index contributed by atoms with van der Waals surface area (Å²) in [5.41, 5.74) is 8.93. The Balaban J connectivity index is 2.47. The number of amides is 1. The van der Waals surface area contributed by atoms with E-state index >= 15 is 0 Å². The van der Waals surface area contributed by atoms with E-state index in [4.69, 9.17) is 10.5 Å². The number of benzene rings is 1. The molecule has 0 radical (unpaired) electrons. The normalized spacial score (nSPS) is 20.9. The standard InChI is InChI=1S/C16H25N3O2/c1-5-16(17)10-9-12-11-13(18(3)4)7-8-14(12)19(16)15(20)21-6-2/h7-8,11H,5-6,9-10,17H2,1-4H3. The van der Waals surface area contributed by atoms with Gasteiger partial charge in [0.15, 0.2) is 0 Å². The van der Waals surface area contributed by atoms with E-state index in [1.54, 1.807) is 4.90 Å². The first-order valence-corrected chi connectivity index (χ1v) is 7.49. The molecule has 21 heavy (non-hydrogen) atoms. The number of hydrogen-bond donors (Lipinski definition) is 1. The van der Waals surface area contributed by atoms with Crippen LogP contribution < -0.4 is 15.5 Å². The third-order valence-electron chi connectivity index (χ3n) is 4.16. The highest BCUT2D eigenvalue weighted by atomic mass is 16.6. The van der Waals surface area contributed by atoms with E-state index in [9.17, 15) is 4.79 Å². The second-order valence-corrected chi connectivity index (χ2v) is 5.70. The maximum absolute atomic E-state index is 12.4. The molecule has 1 heterocycles. The first-order chi connectivity index (χ1) is 9.92. The van der Waals surface area contributed by atoms with Crippen molar-refractivity contribution in [1.82, 2.24) is 0 Å². The number of ether oxygens (including phenoxy) is 1. The van der Waals surface area contributed by atoms with Crippen LogP contribution in [0.3, 0.4) is 0 Å². The third kappa shape index (κ3) is 2.83. The van der Waals surface area contributed by atoms with Crippen LogP contribution in [-0.2, 0) is 11.2 Å². The predicted octanol–water partition coefficient (Wildman–Crippen LogP) is 2.73. The Morgan fingerprint density at radius 1 is 1.43 bits per heavy atom. The van der Waals surface area contributed by atoms with Crippen LogP contribution in [0, 0.1) is 0 Å². The highest BCUT2D eigenvalue weighted by molar-refractivity contribution is 5.91. The minimum atomic E-state index is -0.668. The van der Waals surface area contributed by atoms with Crippen LogP contribution in [0.1, 0.15) is 32.3 Å². The smallest absolute Gasteiger partial charge is 0.415 e. The van der Waals surface area contributed by atoms with E-state index in [2.05, 4.69) is 11.0 Å². The largest absolute Gasteiger partial charge is 0.449 e. The number of hydrogen-bond acceptors (Lipinski definition) is 4. The van der Waals surface area contributed by atoms with Gasteiger partial charge in [0.25, 0.3) is 0 Å². The lowest BCUT2D eigenvalue weighted by Gasteiger charge is -2.44. The fraction of sp³-hybridized carbons (Fsp3) is 0.562. The Kier molecular flexibility index (Phi) is 4.42. The summed E-state index contributed by atoms with van der Waals surface area (Å²) in [4.78, 5) is 16.1. The zero-order valence-electron chi connectivity index (χ0n) is 13.3. The van der Waals surface area contributed by atoms with Gasteiger partial charge in [0.2, 0.25) is 0 Å². The van der Waals surface area contributed by atoms with Gasteiger partial charge in [-0.2, -0.15) is 0 Å². The molecule has 1 aromatic carbocycles. The summed E-state index contributed by atoms with van der Waals surface area (Å²) in [6, 6.07) is 6.10. The Hall–Kier alpha value is -1.75. The zero-order chi connectivity index (χ0) is 15.6. The first kappa shape index (κ1) is 15.6. The summed E-state index contributed by atoms with van der Waals surface area (Å²) in [7, 11) is 4.01. The minimum absolute atomic E-state index is 0.347. The fourth-order valence-corrected chi connectivity index (χ4v) is 2.77. The van der Waals surface area contributed by atoms with E-state index in [1.807, 2.05) is 40.1 Å². The number of rotatable bonds is 3. The minimum Gasteiger partial charge on any atom is -0.449 e. The van der Waals surface area contributed by atoms with E-state index in [1.165, 1.54) is 0 Å². The lowest BCUT2D eigenvalue weighted by Crippen LogP contribution is -2.60. The first-order valence-electron chi connectivity index (χ1n) is 7.49. The molecule has 1 unspecified atom stereocenters. The average molecular weight is 291 g/mol. The molecule has 1 atom stereocenters. The molecule has 2 N–H and O–H groups in total. The summed E-state index contributed by atoms with van der Waals surface area (Å²) in [6.45, 7) is 4.16. The van der Waals surface area contributed by atoms with Gasteiger partial charge in [-0.25, -0.2) is 4.79 Å². The van der Waals surface area contributed by atoms with Gasteiger partial charge in [-0.1, -0.05) is 6.92 Å². The topological polar surface area (TPSA) is 58.8 Å². The Labute approximate surface area is 126 Å². The van der Waals surface area contributed by atoms with Crippen molar-refractivity contribution in [3.8, 4) is 0 Å². The van der Waals surface area contributed by atoms with Gasteiger partial charge in [0.1, 0.15) is 0 Å². The van der Waals surface area contributed by atoms with Gasteiger partial charge in [0, 0.05) is 19.8 Å². The maximum Gasteiger partial charge on any atom is 0.415 e. The molecule has 0 bridgehead atoms. The van der Waals surface area contributed by atoms with Crippen molar-refractivity contribution in [1.29, 1.82) is 0 Å². The molecule has 2 rings (SSSR count). The summed E-state index contributed by atoms with van der Waals surface area (Å²) < 4.78 is 5.21. The number of anilines is 2. The van der Waals surface area contributed by atoms with Crippen LogP contribution in [0.5, 0.6) is 0 Å². The monoisotopic (exact) mass is 291 g/mol. The Bertz CT molecular complexity index is 530. The van der Waals surface area contributed by atoms with E-state index in [0.29, 0.717) is 13.0 Å². The number of fused-ring (bicyclic) bond motifs is 1. The van der Waals surface area contributed by atoms with Crippen LogP contribution in [0.2, 0.25) is 0 Å². The van der Waals surface area contributed by atoms with Crippen LogP contribution in [0.25, 0.3) is 0 Å². The predicted molar refractivity (Wildman–Crippen MR) is 85.8 cm³/mol. The van der Waals surface area contributed by atoms with Gasteiger partial charge in [-0.05, 0) is 49.9 Å². The quantitative estimate of drug-likeness (QED) is 0.930. The molecule has 1 aromatic rings. The number of nitrogens with two attached hydrogens (primary N) is 1. The highest BCUT2D eigenvalue weighted by Gasteiger charge is 2.40. The second-order valence-electron chi connectivity index (χ2n) is 5.70. The van der Waals surface area contributed by atoms with Crippen LogP contribution in [-0.4, -0.2) is 32.5 Å². The Morgan fingerprint density at radius 2 is 2.14 bits per heavy atom. The van der Waals surface area contributed by atoms with Gasteiger partial charge in [-0.3, -0.25) is 4.90 Å². The second kappa shape index (κ2) is 5.93. The fourth-order valence-electron chi connectivity index (χ4n) is 2.77. The molecule has 0 spiro atoms. The average Bonchev–Trinajstić information content (AvgIpc) is 2.46.